The smallest absolute Gasteiger partial charge is 0.213 e. The normalized spacial score (nSPS) is 11.3. The van der Waals surface area contributed by atoms with Gasteiger partial charge in [-0.1, -0.05) is 39.4 Å². The lowest BCUT2D eigenvalue weighted by molar-refractivity contribution is 0.273. The number of hydrogen-bond donors (Lipinski definition) is 1. The van der Waals surface area contributed by atoms with Crippen LogP contribution >= 0.6 is 27.3 Å². The molecular formula is C12H10BrN3OS. The first-order valence-electron chi connectivity index (χ1n) is 5.41. The van der Waals surface area contributed by atoms with E-state index in [0.29, 0.717) is 0 Å². The summed E-state index contributed by atoms with van der Waals surface area (Å²) >= 11 is 4.97. The van der Waals surface area contributed by atoms with E-state index in [9.17, 15) is 5.11 Å². The maximum Gasteiger partial charge on any atom is 0.213 e. The first-order valence-corrected chi connectivity index (χ1v) is 7.02. The lowest BCUT2D eigenvalue weighted by Gasteiger charge is -1.96. The second kappa shape index (κ2) is 4.46. The van der Waals surface area contributed by atoms with Crippen LogP contribution in [-0.4, -0.2) is 19.7 Å². The number of imidazole rings is 1. The van der Waals surface area contributed by atoms with E-state index in [1.807, 2.05) is 31.2 Å². The molecule has 2 aromatic heterocycles. The van der Waals surface area contributed by atoms with Crippen molar-refractivity contribution in [3.63, 3.8) is 0 Å². The van der Waals surface area contributed by atoms with Crippen LogP contribution in [0.4, 0.5) is 0 Å². The van der Waals surface area contributed by atoms with Gasteiger partial charge in [-0.25, -0.2) is 9.50 Å². The van der Waals surface area contributed by atoms with Crippen molar-refractivity contribution in [3.8, 4) is 10.6 Å². The molecule has 3 aromatic rings. The van der Waals surface area contributed by atoms with Crippen LogP contribution in [0.2, 0.25) is 0 Å². The Labute approximate surface area is 116 Å². The molecule has 0 saturated heterocycles. The van der Waals surface area contributed by atoms with Gasteiger partial charge in [0.2, 0.25) is 4.96 Å². The van der Waals surface area contributed by atoms with Crippen molar-refractivity contribution in [1.82, 2.24) is 14.6 Å². The Hall–Kier alpha value is -1.24. The number of benzene rings is 1. The number of aliphatic hydroxyl groups is 1. The zero-order chi connectivity index (χ0) is 12.7. The fourth-order valence-electron chi connectivity index (χ4n) is 1.81. The number of nitrogens with zero attached hydrogens (tertiary/aromatic N) is 3. The molecule has 0 amide bonds. The zero-order valence-corrected chi connectivity index (χ0v) is 12.0. The summed E-state index contributed by atoms with van der Waals surface area (Å²) in [6, 6.07) is 7.98. The summed E-state index contributed by atoms with van der Waals surface area (Å²) in [6.07, 6.45) is 0. The summed E-state index contributed by atoms with van der Waals surface area (Å²) in [7, 11) is 0. The van der Waals surface area contributed by atoms with Gasteiger partial charge in [0.1, 0.15) is 5.01 Å². The van der Waals surface area contributed by atoms with Crippen LogP contribution in [0.25, 0.3) is 15.5 Å². The van der Waals surface area contributed by atoms with Crippen LogP contribution in [0, 0.1) is 6.92 Å². The van der Waals surface area contributed by atoms with Crippen LogP contribution < -0.4 is 0 Å². The molecule has 6 heteroatoms. The Bertz CT molecular complexity index is 719. The zero-order valence-electron chi connectivity index (χ0n) is 9.59. The fraction of sp³-hybridized carbons (Fsp3) is 0.167. The average Bonchev–Trinajstić information content (AvgIpc) is 2.85. The molecule has 0 bridgehead atoms. The van der Waals surface area contributed by atoms with Crippen LogP contribution in [0.1, 0.15) is 11.4 Å². The Kier molecular flexibility index (Phi) is 2.93. The van der Waals surface area contributed by atoms with Gasteiger partial charge >= 0.3 is 0 Å². The summed E-state index contributed by atoms with van der Waals surface area (Å²) in [5, 5.41) is 14.7. The monoisotopic (exact) mass is 323 g/mol. The van der Waals surface area contributed by atoms with Gasteiger partial charge in [-0.05, 0) is 19.1 Å². The van der Waals surface area contributed by atoms with Crippen LogP contribution in [0.5, 0.6) is 0 Å². The maximum atomic E-state index is 9.33. The number of hydrogen-bond acceptors (Lipinski definition) is 4. The predicted molar refractivity (Wildman–Crippen MR) is 74.7 cm³/mol. The second-order valence-corrected chi connectivity index (χ2v) is 5.79. The van der Waals surface area contributed by atoms with Crippen molar-refractivity contribution in [2.75, 3.05) is 0 Å². The van der Waals surface area contributed by atoms with Gasteiger partial charge in [0.05, 0.1) is 18.0 Å². The topological polar surface area (TPSA) is 50.4 Å². The van der Waals surface area contributed by atoms with Gasteiger partial charge in [-0.15, -0.1) is 0 Å². The van der Waals surface area contributed by atoms with Crippen LogP contribution in [0.3, 0.4) is 0 Å². The van der Waals surface area contributed by atoms with E-state index < -0.39 is 0 Å². The number of halogens is 1. The van der Waals surface area contributed by atoms with Gasteiger partial charge in [0.25, 0.3) is 0 Å². The number of aromatic nitrogens is 3. The third-order valence-electron chi connectivity index (χ3n) is 2.72. The molecule has 0 atom stereocenters. The first kappa shape index (κ1) is 11.8. The number of aliphatic hydroxyl groups excluding tert-OH is 1. The van der Waals surface area contributed by atoms with E-state index in [1.165, 1.54) is 11.3 Å². The van der Waals surface area contributed by atoms with Crippen molar-refractivity contribution < 1.29 is 5.11 Å². The summed E-state index contributed by atoms with van der Waals surface area (Å²) < 4.78 is 2.74. The van der Waals surface area contributed by atoms with Crippen LogP contribution in [0.15, 0.2) is 28.7 Å². The fourth-order valence-corrected chi connectivity index (χ4v) is 3.17. The van der Waals surface area contributed by atoms with Crippen molar-refractivity contribution in [3.05, 3.63) is 40.1 Å². The summed E-state index contributed by atoms with van der Waals surface area (Å²) in [4.78, 5) is 5.21. The highest BCUT2D eigenvalue weighted by atomic mass is 79.9. The Morgan fingerprint density at radius 1 is 1.44 bits per heavy atom. The van der Waals surface area contributed by atoms with Crippen molar-refractivity contribution in [2.24, 2.45) is 0 Å². The minimum atomic E-state index is -0.0470. The second-order valence-electron chi connectivity index (χ2n) is 3.91. The van der Waals surface area contributed by atoms with Gasteiger partial charge in [0, 0.05) is 10.0 Å². The number of aryl methyl sites for hydroxylation is 1. The van der Waals surface area contributed by atoms with Crippen molar-refractivity contribution in [2.45, 2.75) is 13.5 Å². The highest BCUT2D eigenvalue weighted by Crippen LogP contribution is 2.28. The predicted octanol–water partition coefficient (Wildman–Crippen LogP) is 3.02. The molecule has 3 rings (SSSR count). The summed E-state index contributed by atoms with van der Waals surface area (Å²) in [5.41, 5.74) is 2.63. The molecule has 18 heavy (non-hydrogen) atoms. The Morgan fingerprint density at radius 3 is 3.00 bits per heavy atom. The average molecular weight is 324 g/mol. The summed E-state index contributed by atoms with van der Waals surface area (Å²) in [5.74, 6) is 0. The van der Waals surface area contributed by atoms with Crippen LogP contribution in [-0.2, 0) is 6.61 Å². The first-order chi connectivity index (χ1) is 8.69. The summed E-state index contributed by atoms with van der Waals surface area (Å²) in [6.45, 7) is 1.83. The molecule has 1 N–H and O–H groups in total. The maximum absolute atomic E-state index is 9.33. The molecule has 0 spiro atoms. The molecule has 0 aliphatic carbocycles. The third kappa shape index (κ3) is 1.86. The van der Waals surface area contributed by atoms with Gasteiger partial charge in [-0.3, -0.25) is 0 Å². The van der Waals surface area contributed by atoms with Gasteiger partial charge in [-0.2, -0.15) is 5.10 Å². The minimum absolute atomic E-state index is 0.0470. The van der Waals surface area contributed by atoms with E-state index in [4.69, 9.17) is 0 Å². The largest absolute Gasteiger partial charge is 0.390 e. The van der Waals surface area contributed by atoms with E-state index in [-0.39, 0.29) is 6.61 Å². The lowest BCUT2D eigenvalue weighted by atomic mass is 10.2. The molecule has 4 nitrogen and oxygen atoms in total. The van der Waals surface area contributed by atoms with E-state index in [0.717, 1.165) is 31.4 Å². The SMILES string of the molecule is Cc1nc2sc(-c3cccc(Br)c3)nn2c1CO. The Balaban J connectivity index is 2.17. The quantitative estimate of drug-likeness (QED) is 0.788. The molecule has 2 heterocycles. The van der Waals surface area contributed by atoms with E-state index in [2.05, 4.69) is 26.0 Å². The van der Waals surface area contributed by atoms with E-state index >= 15 is 0 Å². The molecule has 1 aromatic carbocycles. The molecule has 0 radical (unpaired) electrons. The van der Waals surface area contributed by atoms with Crippen molar-refractivity contribution >= 4 is 32.2 Å². The molecular weight excluding hydrogens is 314 g/mol. The third-order valence-corrected chi connectivity index (χ3v) is 4.17. The van der Waals surface area contributed by atoms with Gasteiger partial charge in [0.15, 0.2) is 0 Å². The molecule has 0 aliphatic rings. The Morgan fingerprint density at radius 2 is 2.28 bits per heavy atom. The molecule has 0 unspecified atom stereocenters. The molecule has 0 fully saturated rings. The lowest BCUT2D eigenvalue weighted by Crippen LogP contribution is -1.95. The minimum Gasteiger partial charge on any atom is -0.390 e. The molecule has 92 valence electrons. The highest BCUT2D eigenvalue weighted by Gasteiger charge is 2.13. The number of rotatable bonds is 2. The molecule has 0 aliphatic heterocycles. The number of fused-ring (bicyclic) bond motifs is 1. The van der Waals surface area contributed by atoms with Crippen molar-refractivity contribution in [1.29, 1.82) is 0 Å². The van der Waals surface area contributed by atoms with E-state index in [1.54, 1.807) is 4.52 Å². The standard InChI is InChI=1S/C12H10BrN3OS/c1-7-10(6-17)16-12(14-7)18-11(15-16)8-3-2-4-9(13)5-8/h2-5,17H,6H2,1H3. The molecule has 0 saturated carbocycles. The highest BCUT2D eigenvalue weighted by molar-refractivity contribution is 9.10. The van der Waals surface area contributed by atoms with Gasteiger partial charge < -0.3 is 5.11 Å².